The number of carbonyl (C=O) groups is 1. The highest BCUT2D eigenvalue weighted by Gasteiger charge is 2.33. The number of carbonyl (C=O) groups excluding carboxylic acids is 1. The van der Waals surface area contributed by atoms with Gasteiger partial charge in [0.15, 0.2) is 0 Å². The van der Waals surface area contributed by atoms with Gasteiger partial charge in [-0.15, -0.1) is 0 Å². The van der Waals surface area contributed by atoms with Gasteiger partial charge in [-0.2, -0.15) is 13.2 Å². The summed E-state index contributed by atoms with van der Waals surface area (Å²) in [5, 5.41) is 13.8. The Morgan fingerprint density at radius 2 is 1.78 bits per heavy atom. The van der Waals surface area contributed by atoms with E-state index in [1.807, 2.05) is 12.1 Å². The lowest BCUT2D eigenvalue weighted by Gasteiger charge is -2.28. The molecule has 1 saturated heterocycles. The summed E-state index contributed by atoms with van der Waals surface area (Å²) in [5.41, 5.74) is 1.80. The van der Waals surface area contributed by atoms with Crippen LogP contribution >= 0.6 is 0 Å². The van der Waals surface area contributed by atoms with Gasteiger partial charge in [-0.3, -0.25) is 9.78 Å². The van der Waals surface area contributed by atoms with Crippen molar-refractivity contribution in [3.8, 4) is 0 Å². The number of pyridine rings is 1. The van der Waals surface area contributed by atoms with Gasteiger partial charge in [0, 0.05) is 19.2 Å². The van der Waals surface area contributed by atoms with E-state index in [4.69, 9.17) is 0 Å². The fourth-order valence-electron chi connectivity index (χ4n) is 4.74. The van der Waals surface area contributed by atoms with Crippen LogP contribution in [-0.2, 0) is 23.8 Å². The first kappa shape index (κ1) is 22.7. The molecule has 4 rings (SSSR count). The average molecular weight is 448 g/mol. The standard InChI is InChI=1S/C24H28F3N3O2/c25-24(26,27)19-7-8-20(28-14-19)23(32)21(15-30-9-3-4-10-30)29-22(31)13-16-11-17-5-1-2-6-18(17)12-16/h1-2,5-8,14,16,21,23,32H,3-4,9-13,15H2,(H,29,31)/t21-,23-/m1/s1. The number of benzene rings is 1. The maximum absolute atomic E-state index is 12.8. The SMILES string of the molecule is O=C(CC1Cc2ccccc2C1)N[C@H](CN1CCCC1)[C@H](O)c1ccc(C(F)(F)F)cn1. The summed E-state index contributed by atoms with van der Waals surface area (Å²) < 4.78 is 38.5. The van der Waals surface area contributed by atoms with Crippen molar-refractivity contribution in [2.24, 2.45) is 5.92 Å². The van der Waals surface area contributed by atoms with Crippen LogP contribution in [0.5, 0.6) is 0 Å². The molecule has 0 unspecified atom stereocenters. The van der Waals surface area contributed by atoms with Crippen LogP contribution < -0.4 is 5.32 Å². The normalized spacial score (nSPS) is 19.0. The van der Waals surface area contributed by atoms with Crippen LogP contribution in [0.4, 0.5) is 13.2 Å². The third-order valence-corrected chi connectivity index (χ3v) is 6.41. The maximum atomic E-state index is 12.8. The molecule has 2 heterocycles. The molecule has 2 aliphatic rings. The van der Waals surface area contributed by atoms with Crippen molar-refractivity contribution < 1.29 is 23.1 Å². The van der Waals surface area contributed by atoms with Crippen LogP contribution in [0.15, 0.2) is 42.6 Å². The Morgan fingerprint density at radius 1 is 1.12 bits per heavy atom. The molecule has 2 N–H and O–H groups in total. The quantitative estimate of drug-likeness (QED) is 0.682. The number of amides is 1. The Hall–Kier alpha value is -2.45. The number of rotatable bonds is 7. The van der Waals surface area contributed by atoms with Crippen molar-refractivity contribution in [1.82, 2.24) is 15.2 Å². The Balaban J connectivity index is 1.42. The molecule has 8 heteroatoms. The number of hydrogen-bond donors (Lipinski definition) is 2. The van der Waals surface area contributed by atoms with E-state index in [1.54, 1.807) is 0 Å². The Morgan fingerprint density at radius 3 is 2.34 bits per heavy atom. The second-order valence-corrected chi connectivity index (χ2v) is 8.84. The van der Waals surface area contributed by atoms with Gasteiger partial charge in [0.2, 0.25) is 5.91 Å². The molecular weight excluding hydrogens is 419 g/mol. The number of aromatic nitrogens is 1. The number of fused-ring (bicyclic) bond motifs is 1. The van der Waals surface area contributed by atoms with Gasteiger partial charge in [0.1, 0.15) is 6.10 Å². The minimum Gasteiger partial charge on any atom is -0.385 e. The second-order valence-electron chi connectivity index (χ2n) is 8.84. The highest BCUT2D eigenvalue weighted by Crippen LogP contribution is 2.30. The molecule has 1 aliphatic heterocycles. The molecule has 1 amide bonds. The van der Waals surface area contributed by atoms with E-state index in [0.29, 0.717) is 13.0 Å². The molecular formula is C24H28F3N3O2. The Labute approximate surface area is 185 Å². The molecule has 1 fully saturated rings. The summed E-state index contributed by atoms with van der Waals surface area (Å²) in [4.78, 5) is 18.8. The number of nitrogens with zero attached hydrogens (tertiary/aromatic N) is 2. The van der Waals surface area contributed by atoms with Gasteiger partial charge in [0.25, 0.3) is 0 Å². The first-order valence-corrected chi connectivity index (χ1v) is 11.1. The van der Waals surface area contributed by atoms with Crippen molar-refractivity contribution in [3.63, 3.8) is 0 Å². The molecule has 1 aliphatic carbocycles. The number of nitrogens with one attached hydrogen (secondary N) is 1. The summed E-state index contributed by atoms with van der Waals surface area (Å²) in [5.74, 6) is 0.0548. The van der Waals surface area contributed by atoms with Gasteiger partial charge in [0.05, 0.1) is 17.3 Å². The zero-order valence-corrected chi connectivity index (χ0v) is 17.8. The van der Waals surface area contributed by atoms with Crippen LogP contribution in [0.2, 0.25) is 0 Å². The summed E-state index contributed by atoms with van der Waals surface area (Å²) in [6.45, 7) is 2.18. The Kier molecular flexibility index (Phi) is 6.81. The zero-order chi connectivity index (χ0) is 22.7. The average Bonchev–Trinajstić information content (AvgIpc) is 3.41. The van der Waals surface area contributed by atoms with E-state index in [9.17, 15) is 23.1 Å². The van der Waals surface area contributed by atoms with Crippen LogP contribution in [0.3, 0.4) is 0 Å². The third kappa shape index (κ3) is 5.48. The van der Waals surface area contributed by atoms with Crippen molar-refractivity contribution in [3.05, 3.63) is 65.0 Å². The molecule has 0 radical (unpaired) electrons. The maximum Gasteiger partial charge on any atom is 0.417 e. The number of hydrogen-bond acceptors (Lipinski definition) is 4. The second kappa shape index (κ2) is 9.58. The molecule has 5 nitrogen and oxygen atoms in total. The van der Waals surface area contributed by atoms with Gasteiger partial charge in [-0.1, -0.05) is 24.3 Å². The summed E-state index contributed by atoms with van der Waals surface area (Å²) >= 11 is 0. The predicted octanol–water partition coefficient (Wildman–Crippen LogP) is 3.52. The molecule has 0 saturated carbocycles. The fourth-order valence-corrected chi connectivity index (χ4v) is 4.74. The monoisotopic (exact) mass is 447 g/mol. The number of aliphatic hydroxyl groups excluding tert-OH is 1. The summed E-state index contributed by atoms with van der Waals surface area (Å²) in [6.07, 6.45) is -0.805. The predicted molar refractivity (Wildman–Crippen MR) is 114 cm³/mol. The van der Waals surface area contributed by atoms with E-state index in [0.717, 1.165) is 51.0 Å². The van der Waals surface area contributed by atoms with Crippen LogP contribution in [0.25, 0.3) is 0 Å². The molecule has 0 bridgehead atoms. The number of alkyl halides is 3. The molecule has 1 aromatic carbocycles. The lowest BCUT2D eigenvalue weighted by atomic mass is 10.0. The lowest BCUT2D eigenvalue weighted by molar-refractivity contribution is -0.137. The zero-order valence-electron chi connectivity index (χ0n) is 17.8. The molecule has 0 spiro atoms. The van der Waals surface area contributed by atoms with Gasteiger partial charge >= 0.3 is 6.18 Å². The highest BCUT2D eigenvalue weighted by atomic mass is 19.4. The lowest BCUT2D eigenvalue weighted by Crippen LogP contribution is -2.47. The van der Waals surface area contributed by atoms with E-state index < -0.39 is 23.9 Å². The van der Waals surface area contributed by atoms with Crippen molar-refractivity contribution in [1.29, 1.82) is 0 Å². The molecule has 1 aromatic heterocycles. The highest BCUT2D eigenvalue weighted by molar-refractivity contribution is 5.76. The van der Waals surface area contributed by atoms with Crippen LogP contribution in [0.1, 0.15) is 47.8 Å². The number of aliphatic hydroxyl groups is 1. The summed E-state index contributed by atoms with van der Waals surface area (Å²) in [6, 6.07) is 9.63. The minimum atomic E-state index is -4.49. The molecule has 32 heavy (non-hydrogen) atoms. The molecule has 2 atom stereocenters. The van der Waals surface area contributed by atoms with Crippen molar-refractivity contribution in [2.45, 2.75) is 50.4 Å². The van der Waals surface area contributed by atoms with Crippen LogP contribution in [-0.4, -0.2) is 46.6 Å². The number of likely N-dealkylation sites (tertiary alicyclic amines) is 1. The Bertz CT molecular complexity index is 902. The topological polar surface area (TPSA) is 65.5 Å². The summed E-state index contributed by atoms with van der Waals surface area (Å²) in [7, 11) is 0. The van der Waals surface area contributed by atoms with Gasteiger partial charge in [-0.25, -0.2) is 0 Å². The van der Waals surface area contributed by atoms with Gasteiger partial charge < -0.3 is 15.3 Å². The first-order chi connectivity index (χ1) is 15.3. The van der Waals surface area contributed by atoms with E-state index in [2.05, 4.69) is 27.3 Å². The van der Waals surface area contributed by atoms with E-state index in [1.165, 1.54) is 17.2 Å². The fraction of sp³-hybridized carbons (Fsp3) is 0.500. The van der Waals surface area contributed by atoms with E-state index in [-0.39, 0.29) is 17.5 Å². The smallest absolute Gasteiger partial charge is 0.385 e. The largest absolute Gasteiger partial charge is 0.417 e. The first-order valence-electron chi connectivity index (χ1n) is 11.1. The van der Waals surface area contributed by atoms with Crippen molar-refractivity contribution in [2.75, 3.05) is 19.6 Å². The van der Waals surface area contributed by atoms with E-state index >= 15 is 0 Å². The van der Waals surface area contributed by atoms with Crippen molar-refractivity contribution >= 4 is 5.91 Å². The number of halogens is 3. The molecule has 2 aromatic rings. The van der Waals surface area contributed by atoms with Crippen LogP contribution in [0, 0.1) is 5.92 Å². The molecule has 172 valence electrons. The van der Waals surface area contributed by atoms with Gasteiger partial charge in [-0.05, 0) is 68.0 Å². The third-order valence-electron chi connectivity index (χ3n) is 6.41. The minimum absolute atomic E-state index is 0.121.